The van der Waals surface area contributed by atoms with Crippen molar-refractivity contribution < 1.29 is 19.1 Å². The number of carbonyl (C=O) groups is 2. The minimum Gasteiger partial charge on any atom is -0.492 e. The molecule has 148 valence electrons. The lowest BCUT2D eigenvalue weighted by atomic mass is 10.2. The summed E-state index contributed by atoms with van der Waals surface area (Å²) in [6.07, 6.45) is 1.57. The largest absolute Gasteiger partial charge is 0.492 e. The van der Waals surface area contributed by atoms with Crippen molar-refractivity contribution in [3.8, 4) is 5.75 Å². The number of ether oxygens (including phenoxy) is 2. The quantitative estimate of drug-likeness (QED) is 0.585. The van der Waals surface area contributed by atoms with Gasteiger partial charge in [0, 0.05) is 5.69 Å². The van der Waals surface area contributed by atoms with Crippen LogP contribution in [-0.2, 0) is 4.74 Å². The van der Waals surface area contributed by atoms with Crippen LogP contribution >= 0.6 is 0 Å². The third kappa shape index (κ3) is 5.10. The number of nitrogens with zero attached hydrogens (tertiary/aromatic N) is 1. The fraction of sp³-hybridized carbons (Fsp3) is 0.136. The number of methoxy groups -OCH3 is 1. The average Bonchev–Trinajstić information content (AvgIpc) is 2.75. The lowest BCUT2D eigenvalue weighted by molar-refractivity contribution is 0.0600. The van der Waals surface area contributed by atoms with E-state index in [1.807, 2.05) is 31.2 Å². The fourth-order valence-corrected chi connectivity index (χ4v) is 2.65. The molecule has 1 heterocycles. The summed E-state index contributed by atoms with van der Waals surface area (Å²) in [6.45, 7) is 2.49. The van der Waals surface area contributed by atoms with Crippen LogP contribution in [0.5, 0.6) is 5.75 Å². The molecular formula is C22H21N3O4. The van der Waals surface area contributed by atoms with Gasteiger partial charge < -0.3 is 20.1 Å². The summed E-state index contributed by atoms with van der Waals surface area (Å²) in [5.74, 6) is -0.113. The molecular weight excluding hydrogens is 370 g/mol. The summed E-state index contributed by atoms with van der Waals surface area (Å²) in [6, 6.07) is 17.5. The molecule has 1 aromatic heterocycles. The van der Waals surface area contributed by atoms with E-state index in [1.54, 1.807) is 42.6 Å². The zero-order chi connectivity index (χ0) is 20.6. The molecule has 7 nitrogen and oxygen atoms in total. The van der Waals surface area contributed by atoms with Crippen molar-refractivity contribution in [3.05, 3.63) is 78.1 Å². The lowest BCUT2D eigenvalue weighted by Gasteiger charge is -2.12. The van der Waals surface area contributed by atoms with Crippen molar-refractivity contribution >= 4 is 28.9 Å². The Labute approximate surface area is 168 Å². The molecule has 0 bridgehead atoms. The summed E-state index contributed by atoms with van der Waals surface area (Å²) in [5.41, 5.74) is 2.62. The maximum Gasteiger partial charge on any atom is 0.337 e. The molecule has 0 fully saturated rings. The van der Waals surface area contributed by atoms with Crippen molar-refractivity contribution in [2.24, 2.45) is 0 Å². The molecule has 7 heteroatoms. The van der Waals surface area contributed by atoms with E-state index in [0.29, 0.717) is 17.9 Å². The van der Waals surface area contributed by atoms with Gasteiger partial charge in [0.05, 0.1) is 36.9 Å². The number of pyridine rings is 1. The van der Waals surface area contributed by atoms with Crippen molar-refractivity contribution in [1.29, 1.82) is 0 Å². The third-order valence-electron chi connectivity index (χ3n) is 4.00. The summed E-state index contributed by atoms with van der Waals surface area (Å²) in [4.78, 5) is 28.3. The SMILES string of the molecule is CCOc1ccccc1Nc1ccc(C(=O)Nc2cccc(C(=O)OC)c2)nc1. The van der Waals surface area contributed by atoms with Crippen LogP contribution in [0.15, 0.2) is 66.9 Å². The number of rotatable bonds is 7. The van der Waals surface area contributed by atoms with Crippen molar-refractivity contribution in [2.45, 2.75) is 6.92 Å². The standard InChI is InChI=1S/C22H21N3O4/c1-3-29-20-10-5-4-9-18(20)24-17-11-12-19(23-14-17)21(26)25-16-8-6-7-15(13-16)22(27)28-2/h4-14,24H,3H2,1-2H3,(H,25,26). The topological polar surface area (TPSA) is 89.6 Å². The van der Waals surface area contributed by atoms with Gasteiger partial charge in [-0.3, -0.25) is 4.79 Å². The normalized spacial score (nSPS) is 10.1. The molecule has 0 atom stereocenters. The van der Waals surface area contributed by atoms with Crippen molar-refractivity contribution in [2.75, 3.05) is 24.4 Å². The molecule has 0 saturated carbocycles. The van der Waals surface area contributed by atoms with E-state index in [-0.39, 0.29) is 11.6 Å². The molecule has 1 amide bonds. The van der Waals surface area contributed by atoms with Crippen LogP contribution in [0.25, 0.3) is 0 Å². The molecule has 0 saturated heterocycles. The molecule has 0 radical (unpaired) electrons. The number of hydrogen-bond donors (Lipinski definition) is 2. The number of hydrogen-bond acceptors (Lipinski definition) is 6. The Morgan fingerprint density at radius 1 is 1.00 bits per heavy atom. The van der Waals surface area contributed by atoms with E-state index in [9.17, 15) is 9.59 Å². The van der Waals surface area contributed by atoms with Gasteiger partial charge in [0.25, 0.3) is 5.91 Å². The highest BCUT2D eigenvalue weighted by Gasteiger charge is 2.11. The zero-order valence-corrected chi connectivity index (χ0v) is 16.1. The number of para-hydroxylation sites is 2. The predicted molar refractivity (Wildman–Crippen MR) is 111 cm³/mol. The van der Waals surface area contributed by atoms with Gasteiger partial charge >= 0.3 is 5.97 Å². The minimum atomic E-state index is -0.470. The van der Waals surface area contributed by atoms with E-state index in [0.717, 1.165) is 17.1 Å². The molecule has 0 spiro atoms. The van der Waals surface area contributed by atoms with Crippen molar-refractivity contribution in [1.82, 2.24) is 4.98 Å². The van der Waals surface area contributed by atoms with Gasteiger partial charge in [-0.1, -0.05) is 18.2 Å². The summed E-state index contributed by atoms with van der Waals surface area (Å²) in [5, 5.41) is 5.95. The first-order valence-corrected chi connectivity index (χ1v) is 9.05. The predicted octanol–water partition coefficient (Wildman–Crippen LogP) is 4.26. The van der Waals surface area contributed by atoms with Gasteiger partial charge in [-0.25, -0.2) is 9.78 Å². The third-order valence-corrected chi connectivity index (χ3v) is 4.00. The van der Waals surface area contributed by atoms with Crippen LogP contribution in [0.2, 0.25) is 0 Å². The van der Waals surface area contributed by atoms with Crippen LogP contribution in [0.3, 0.4) is 0 Å². The van der Waals surface area contributed by atoms with Gasteiger partial charge in [-0.2, -0.15) is 0 Å². The van der Waals surface area contributed by atoms with Crippen LogP contribution in [0.1, 0.15) is 27.8 Å². The fourth-order valence-electron chi connectivity index (χ4n) is 2.65. The van der Waals surface area contributed by atoms with Gasteiger partial charge in [-0.05, 0) is 49.4 Å². The highest BCUT2D eigenvalue weighted by atomic mass is 16.5. The number of aromatic nitrogens is 1. The molecule has 0 aliphatic carbocycles. The molecule has 2 N–H and O–H groups in total. The minimum absolute atomic E-state index is 0.247. The van der Waals surface area contributed by atoms with Crippen LogP contribution in [0.4, 0.5) is 17.1 Å². The Balaban J connectivity index is 1.69. The van der Waals surface area contributed by atoms with E-state index in [1.165, 1.54) is 7.11 Å². The summed E-state index contributed by atoms with van der Waals surface area (Å²) in [7, 11) is 1.31. The van der Waals surface area contributed by atoms with Crippen LogP contribution in [-0.4, -0.2) is 30.6 Å². The molecule has 3 aromatic rings. The summed E-state index contributed by atoms with van der Waals surface area (Å²) < 4.78 is 10.3. The number of benzene rings is 2. The Bertz CT molecular complexity index is 1000. The Hall–Kier alpha value is -3.87. The highest BCUT2D eigenvalue weighted by molar-refractivity contribution is 6.03. The van der Waals surface area contributed by atoms with E-state index < -0.39 is 5.97 Å². The van der Waals surface area contributed by atoms with Gasteiger partial charge in [0.1, 0.15) is 11.4 Å². The molecule has 3 rings (SSSR count). The number of esters is 1. The van der Waals surface area contributed by atoms with E-state index in [4.69, 9.17) is 4.74 Å². The Morgan fingerprint density at radius 3 is 2.55 bits per heavy atom. The number of carbonyl (C=O) groups excluding carboxylic acids is 2. The zero-order valence-electron chi connectivity index (χ0n) is 16.1. The second kappa shape index (κ2) is 9.36. The molecule has 0 aliphatic heterocycles. The Kier molecular flexibility index (Phi) is 6.42. The number of nitrogens with one attached hydrogen (secondary N) is 2. The molecule has 2 aromatic carbocycles. The second-order valence-electron chi connectivity index (χ2n) is 6.01. The second-order valence-corrected chi connectivity index (χ2v) is 6.01. The van der Waals surface area contributed by atoms with Gasteiger partial charge in [0.2, 0.25) is 0 Å². The number of anilines is 3. The Morgan fingerprint density at radius 2 is 1.83 bits per heavy atom. The first-order chi connectivity index (χ1) is 14.1. The lowest BCUT2D eigenvalue weighted by Crippen LogP contribution is -2.14. The summed E-state index contributed by atoms with van der Waals surface area (Å²) >= 11 is 0. The van der Waals surface area contributed by atoms with Gasteiger partial charge in [-0.15, -0.1) is 0 Å². The number of amides is 1. The maximum absolute atomic E-state index is 12.4. The van der Waals surface area contributed by atoms with Gasteiger partial charge in [0.15, 0.2) is 0 Å². The first kappa shape index (κ1) is 19.9. The molecule has 29 heavy (non-hydrogen) atoms. The first-order valence-electron chi connectivity index (χ1n) is 9.05. The van der Waals surface area contributed by atoms with Crippen LogP contribution < -0.4 is 15.4 Å². The maximum atomic E-state index is 12.4. The smallest absolute Gasteiger partial charge is 0.337 e. The van der Waals surface area contributed by atoms with Crippen LogP contribution in [0, 0.1) is 0 Å². The van der Waals surface area contributed by atoms with Crippen molar-refractivity contribution in [3.63, 3.8) is 0 Å². The van der Waals surface area contributed by atoms with E-state index >= 15 is 0 Å². The van der Waals surface area contributed by atoms with E-state index in [2.05, 4.69) is 20.4 Å². The molecule has 0 unspecified atom stereocenters. The molecule has 0 aliphatic rings. The average molecular weight is 391 g/mol. The monoisotopic (exact) mass is 391 g/mol. The highest BCUT2D eigenvalue weighted by Crippen LogP contribution is 2.27.